The van der Waals surface area contributed by atoms with Gasteiger partial charge in [0.1, 0.15) is 5.75 Å². The number of allylic oxidation sites excluding steroid dienone is 3. The standard InChI is InChI=1S/C20H22ClN3O.C8H8O3.C2H6/c1-5-16(13(3)25)20-17(12(2)10-24(20)4)7-14-6-15-9-22-11-23-19(15)8-18(14)21;1-5-2-3-6(9)4-7(5)8(10)11;1-2/h5-8,10-11,14,18H,1,9H2,2-4H3,(H,22,23);2-4,9H,1H3,(H,10,11);1-2H3/b17-7+,20-16-;;. The summed E-state index contributed by atoms with van der Waals surface area (Å²) in [6.45, 7) is 13.8. The van der Waals surface area contributed by atoms with Gasteiger partial charge in [0.25, 0.3) is 0 Å². The number of halogens is 1. The van der Waals surface area contributed by atoms with E-state index in [0.717, 1.165) is 27.4 Å². The van der Waals surface area contributed by atoms with Gasteiger partial charge in [-0.05, 0) is 60.9 Å². The smallest absolute Gasteiger partial charge is 0.336 e. The maximum Gasteiger partial charge on any atom is 0.336 e. The zero-order valence-electron chi connectivity index (χ0n) is 22.7. The molecule has 1 aromatic carbocycles. The molecule has 8 heteroatoms. The molecule has 0 radical (unpaired) electrons. The summed E-state index contributed by atoms with van der Waals surface area (Å²) < 4.78 is 1.98. The third-order valence-electron chi connectivity index (χ3n) is 6.08. The Bertz CT molecular complexity index is 1430. The van der Waals surface area contributed by atoms with Crippen LogP contribution in [-0.2, 0) is 11.8 Å². The molecule has 0 fully saturated rings. The normalized spacial score (nSPS) is 18.8. The van der Waals surface area contributed by atoms with Crippen LogP contribution in [0.25, 0.3) is 11.6 Å². The van der Waals surface area contributed by atoms with Crippen molar-refractivity contribution in [1.82, 2.24) is 9.88 Å². The van der Waals surface area contributed by atoms with E-state index < -0.39 is 5.97 Å². The number of fused-ring (bicyclic) bond motifs is 1. The Morgan fingerprint density at radius 2 is 1.89 bits per heavy atom. The first-order valence-corrected chi connectivity index (χ1v) is 12.8. The summed E-state index contributed by atoms with van der Waals surface area (Å²) in [4.78, 5) is 26.8. The highest BCUT2D eigenvalue weighted by atomic mass is 35.5. The first-order chi connectivity index (χ1) is 18.0. The predicted molar refractivity (Wildman–Crippen MR) is 155 cm³/mol. The Kier molecular flexibility index (Phi) is 10.9. The molecule has 0 saturated heterocycles. The van der Waals surface area contributed by atoms with Gasteiger partial charge < -0.3 is 20.1 Å². The lowest BCUT2D eigenvalue weighted by Gasteiger charge is -2.25. The molecule has 38 heavy (non-hydrogen) atoms. The van der Waals surface area contributed by atoms with E-state index in [0.29, 0.717) is 17.7 Å². The second-order valence-corrected chi connectivity index (χ2v) is 9.24. The highest BCUT2D eigenvalue weighted by molar-refractivity contribution is 6.22. The highest BCUT2D eigenvalue weighted by Crippen LogP contribution is 2.28. The van der Waals surface area contributed by atoms with Crippen LogP contribution in [0.2, 0.25) is 0 Å². The van der Waals surface area contributed by atoms with Crippen molar-refractivity contribution in [2.24, 2.45) is 18.0 Å². The molecule has 2 unspecified atom stereocenters. The molecular formula is C30H36ClN3O4. The summed E-state index contributed by atoms with van der Waals surface area (Å²) in [5.41, 5.74) is 4.70. The van der Waals surface area contributed by atoms with Crippen LogP contribution >= 0.6 is 11.6 Å². The SMILES string of the molecule is C=C/C(C(C)=O)=c1\c(=C\C2C=C3CN=CNC3=CC2Cl)c(C)cn1C.CC.Cc1ccc(O)cc1C(=O)O. The number of carbonyl (C=O) groups is 2. The van der Waals surface area contributed by atoms with E-state index >= 15 is 0 Å². The molecule has 2 atom stereocenters. The largest absolute Gasteiger partial charge is 0.508 e. The van der Waals surface area contributed by atoms with Crippen molar-refractivity contribution in [3.05, 3.63) is 87.7 Å². The van der Waals surface area contributed by atoms with Gasteiger partial charge in [-0.15, -0.1) is 11.6 Å². The Morgan fingerprint density at radius 3 is 2.47 bits per heavy atom. The molecule has 0 amide bonds. The van der Waals surface area contributed by atoms with Gasteiger partial charge >= 0.3 is 5.97 Å². The molecule has 2 aromatic rings. The van der Waals surface area contributed by atoms with Crippen LogP contribution in [-0.4, -0.2) is 44.8 Å². The van der Waals surface area contributed by atoms with E-state index in [-0.39, 0.29) is 28.4 Å². The van der Waals surface area contributed by atoms with Gasteiger partial charge in [0.15, 0.2) is 5.78 Å². The van der Waals surface area contributed by atoms with Crippen molar-refractivity contribution in [3.8, 4) is 5.75 Å². The maximum absolute atomic E-state index is 12.0. The quantitative estimate of drug-likeness (QED) is 0.508. The first kappa shape index (κ1) is 30.4. The fourth-order valence-electron chi connectivity index (χ4n) is 4.26. The number of carboxylic acid groups (broad SMARTS) is 1. The number of aromatic nitrogens is 1. The Balaban J connectivity index is 0.000000327. The Morgan fingerprint density at radius 1 is 1.21 bits per heavy atom. The molecule has 1 aromatic heterocycles. The molecule has 1 aliphatic heterocycles. The van der Waals surface area contributed by atoms with Crippen molar-refractivity contribution in [2.45, 2.75) is 40.0 Å². The number of ketones is 1. The maximum atomic E-state index is 12.0. The summed E-state index contributed by atoms with van der Waals surface area (Å²) in [6, 6.07) is 4.26. The molecule has 7 nitrogen and oxygen atoms in total. The number of phenolic OH excluding ortho intramolecular Hbond substituents is 1. The minimum absolute atomic E-state index is 0.00303. The van der Waals surface area contributed by atoms with Crippen molar-refractivity contribution in [1.29, 1.82) is 0 Å². The van der Waals surface area contributed by atoms with Crippen LogP contribution in [0.15, 0.2) is 65.5 Å². The fraction of sp³-hybridized carbons (Fsp3) is 0.300. The highest BCUT2D eigenvalue weighted by Gasteiger charge is 2.23. The lowest BCUT2D eigenvalue weighted by molar-refractivity contribution is -0.111. The van der Waals surface area contributed by atoms with Crippen LogP contribution in [0.3, 0.4) is 0 Å². The second kappa shape index (κ2) is 13.6. The van der Waals surface area contributed by atoms with Gasteiger partial charge in [-0.25, -0.2) is 4.79 Å². The third kappa shape index (κ3) is 7.13. The fourth-order valence-corrected chi connectivity index (χ4v) is 4.53. The molecular weight excluding hydrogens is 502 g/mol. The molecule has 0 saturated carbocycles. The minimum atomic E-state index is -1.02. The number of nitrogens with zero attached hydrogens (tertiary/aromatic N) is 2. The van der Waals surface area contributed by atoms with E-state index in [1.54, 1.807) is 32.3 Å². The molecule has 0 spiro atoms. The average molecular weight is 538 g/mol. The van der Waals surface area contributed by atoms with Gasteiger partial charge in [-0.1, -0.05) is 44.7 Å². The van der Waals surface area contributed by atoms with Gasteiger partial charge in [0, 0.05) is 30.4 Å². The number of aromatic carboxylic acids is 1. The van der Waals surface area contributed by atoms with Gasteiger partial charge in [0.05, 0.1) is 29.2 Å². The lowest BCUT2D eigenvalue weighted by atomic mass is 9.91. The van der Waals surface area contributed by atoms with Crippen LogP contribution in [0, 0.1) is 19.8 Å². The molecule has 2 aliphatic rings. The summed E-state index contributed by atoms with van der Waals surface area (Å²) in [5, 5.41) is 22.4. The number of aliphatic imine (C=N–C) groups is 1. The molecule has 4 rings (SSSR count). The van der Waals surface area contributed by atoms with Crippen LogP contribution < -0.4 is 15.9 Å². The number of alkyl halides is 1. The number of benzene rings is 1. The van der Waals surface area contributed by atoms with Crippen LogP contribution in [0.1, 0.15) is 42.3 Å². The van der Waals surface area contributed by atoms with E-state index in [9.17, 15) is 9.59 Å². The van der Waals surface area contributed by atoms with Crippen LogP contribution in [0.5, 0.6) is 5.75 Å². The van der Waals surface area contributed by atoms with Crippen molar-refractivity contribution in [3.63, 3.8) is 0 Å². The van der Waals surface area contributed by atoms with E-state index in [2.05, 4.69) is 29.0 Å². The second-order valence-electron chi connectivity index (χ2n) is 8.74. The van der Waals surface area contributed by atoms with E-state index in [1.807, 2.05) is 44.7 Å². The Labute approximate surface area is 228 Å². The zero-order chi connectivity index (χ0) is 28.6. The van der Waals surface area contributed by atoms with Gasteiger partial charge in [0.2, 0.25) is 0 Å². The number of hydrogen-bond acceptors (Lipinski definition) is 5. The van der Waals surface area contributed by atoms with Crippen molar-refractivity contribution >= 4 is 41.3 Å². The van der Waals surface area contributed by atoms with E-state index in [4.69, 9.17) is 21.8 Å². The summed E-state index contributed by atoms with van der Waals surface area (Å²) in [7, 11) is 1.95. The number of nitrogens with one attached hydrogen (secondary N) is 1. The summed E-state index contributed by atoms with van der Waals surface area (Å²) in [5.74, 6) is -0.997. The number of aromatic hydroxyl groups is 1. The lowest BCUT2D eigenvalue weighted by Crippen LogP contribution is -2.34. The average Bonchev–Trinajstić information content (AvgIpc) is 3.15. The summed E-state index contributed by atoms with van der Waals surface area (Å²) in [6.07, 6.45) is 11.7. The Hall–Kier alpha value is -3.84. The number of carboxylic acids is 1. The zero-order valence-corrected chi connectivity index (χ0v) is 23.5. The number of rotatable bonds is 4. The van der Waals surface area contributed by atoms with Crippen molar-refractivity contribution in [2.75, 3.05) is 6.54 Å². The molecule has 1 aliphatic carbocycles. The number of hydrogen-bond donors (Lipinski definition) is 3. The van der Waals surface area contributed by atoms with Crippen molar-refractivity contribution < 1.29 is 19.8 Å². The third-order valence-corrected chi connectivity index (χ3v) is 6.49. The molecule has 3 N–H and O–H groups in total. The summed E-state index contributed by atoms with van der Waals surface area (Å²) >= 11 is 6.60. The van der Waals surface area contributed by atoms with Gasteiger partial charge in [-0.2, -0.15) is 0 Å². The molecule has 202 valence electrons. The van der Waals surface area contributed by atoms with E-state index in [1.165, 1.54) is 12.1 Å². The topological polar surface area (TPSA) is 104 Å². The number of aryl methyl sites for hydroxylation is 3. The minimum Gasteiger partial charge on any atom is -0.508 e. The monoisotopic (exact) mass is 537 g/mol. The molecule has 0 bridgehead atoms. The number of phenols is 1. The van der Waals surface area contributed by atoms with Gasteiger partial charge in [-0.3, -0.25) is 9.79 Å². The predicted octanol–water partition coefficient (Wildman–Crippen LogP) is 4.14. The van der Waals surface area contributed by atoms with Crippen LogP contribution in [0.4, 0.5) is 0 Å². The molecule has 2 heterocycles. The first-order valence-electron chi connectivity index (χ1n) is 12.4. The number of carbonyl (C=O) groups excluding carboxylic acids is 1. The number of Topliss-reactive ketones (excluding diaryl/α,β-unsaturated/α-hetero) is 1.